The molecule has 1 amide bonds. The summed E-state index contributed by atoms with van der Waals surface area (Å²) >= 11 is 0. The van der Waals surface area contributed by atoms with Crippen LogP contribution in [-0.2, 0) is 11.3 Å². The van der Waals surface area contributed by atoms with Gasteiger partial charge in [0.1, 0.15) is 12.3 Å². The molecule has 1 heterocycles. The number of nitrogens with zero attached hydrogens (tertiary/aromatic N) is 2. The van der Waals surface area contributed by atoms with Gasteiger partial charge in [-0.3, -0.25) is 14.6 Å². The van der Waals surface area contributed by atoms with Crippen molar-refractivity contribution in [1.29, 1.82) is 0 Å². The molecule has 0 aromatic heterocycles. The maximum atomic E-state index is 12.1. The molecular weight excluding hydrogens is 335 g/mol. The van der Waals surface area contributed by atoms with E-state index in [0.29, 0.717) is 13.1 Å². The Bertz CT molecular complexity index is 585. The molecule has 1 saturated heterocycles. The highest BCUT2D eigenvalue weighted by Crippen LogP contribution is 2.22. The number of hydrogen-bond acceptors (Lipinski definition) is 4. The van der Waals surface area contributed by atoms with E-state index in [9.17, 15) is 18.0 Å². The molecule has 0 spiro atoms. The summed E-state index contributed by atoms with van der Waals surface area (Å²) in [6.07, 6.45) is -4.37. The maximum absolute atomic E-state index is 12.1. The summed E-state index contributed by atoms with van der Waals surface area (Å²) in [5.74, 6) is 0.255. The summed E-state index contributed by atoms with van der Waals surface area (Å²) < 4.78 is 41.7. The average Bonchev–Trinajstić information content (AvgIpc) is 2.54. The third kappa shape index (κ3) is 6.55. The third-order valence-corrected chi connectivity index (χ3v) is 4.15. The fraction of sp³-hybridized carbons (Fsp3) is 0.588. The molecule has 1 aromatic rings. The molecule has 2 rings (SSSR count). The van der Waals surface area contributed by atoms with Gasteiger partial charge in [-0.2, -0.15) is 13.2 Å². The zero-order valence-corrected chi connectivity index (χ0v) is 14.5. The molecule has 0 saturated carbocycles. The lowest BCUT2D eigenvalue weighted by atomic mass is 10.1. The van der Waals surface area contributed by atoms with E-state index in [4.69, 9.17) is 4.74 Å². The molecule has 0 radical (unpaired) electrons. The smallest absolute Gasteiger partial charge is 0.405 e. The highest BCUT2D eigenvalue weighted by Gasteiger charge is 2.28. The van der Waals surface area contributed by atoms with Crippen LogP contribution in [0.25, 0.3) is 0 Å². The van der Waals surface area contributed by atoms with Crippen LogP contribution in [-0.4, -0.2) is 68.3 Å². The Morgan fingerprint density at radius 1 is 1.20 bits per heavy atom. The Hall–Kier alpha value is -1.80. The van der Waals surface area contributed by atoms with Crippen LogP contribution in [0.1, 0.15) is 11.1 Å². The van der Waals surface area contributed by atoms with Crippen molar-refractivity contribution in [3.63, 3.8) is 0 Å². The van der Waals surface area contributed by atoms with Crippen molar-refractivity contribution >= 4 is 5.91 Å². The van der Waals surface area contributed by atoms with E-state index < -0.39 is 18.6 Å². The van der Waals surface area contributed by atoms with Gasteiger partial charge < -0.3 is 10.1 Å². The first-order valence-electron chi connectivity index (χ1n) is 8.18. The lowest BCUT2D eigenvalue weighted by molar-refractivity contribution is -0.139. The van der Waals surface area contributed by atoms with Crippen LogP contribution in [0.2, 0.25) is 0 Å². The molecule has 1 aliphatic rings. The second-order valence-electron chi connectivity index (χ2n) is 6.26. The average molecular weight is 359 g/mol. The lowest BCUT2D eigenvalue weighted by Gasteiger charge is -2.34. The molecule has 25 heavy (non-hydrogen) atoms. The number of methoxy groups -OCH3 is 1. The van der Waals surface area contributed by atoms with Gasteiger partial charge in [-0.05, 0) is 13.0 Å². The second kappa shape index (κ2) is 8.53. The minimum Gasteiger partial charge on any atom is -0.496 e. The van der Waals surface area contributed by atoms with E-state index in [0.717, 1.165) is 36.5 Å². The minimum absolute atomic E-state index is 0.00230. The second-order valence-corrected chi connectivity index (χ2v) is 6.26. The van der Waals surface area contributed by atoms with E-state index in [1.165, 1.54) is 0 Å². The number of amides is 1. The number of carbonyl (C=O) groups excluding carboxylic acids is 1. The molecule has 0 unspecified atom stereocenters. The predicted octanol–water partition coefficient (Wildman–Crippen LogP) is 1.80. The van der Waals surface area contributed by atoms with Crippen LogP contribution in [0, 0.1) is 6.92 Å². The quantitative estimate of drug-likeness (QED) is 0.841. The van der Waals surface area contributed by atoms with Crippen molar-refractivity contribution in [3.8, 4) is 5.75 Å². The van der Waals surface area contributed by atoms with Crippen LogP contribution in [0.15, 0.2) is 18.2 Å². The number of aryl methyl sites for hydroxylation is 1. The molecule has 1 aromatic carbocycles. The summed E-state index contributed by atoms with van der Waals surface area (Å²) in [6, 6.07) is 6.04. The van der Waals surface area contributed by atoms with E-state index in [1.807, 2.05) is 29.3 Å². The Labute approximate surface area is 145 Å². The van der Waals surface area contributed by atoms with Gasteiger partial charge in [0.05, 0.1) is 13.7 Å². The summed E-state index contributed by atoms with van der Waals surface area (Å²) in [4.78, 5) is 15.7. The van der Waals surface area contributed by atoms with Crippen molar-refractivity contribution in [2.24, 2.45) is 0 Å². The van der Waals surface area contributed by atoms with Gasteiger partial charge in [0.25, 0.3) is 0 Å². The van der Waals surface area contributed by atoms with Crippen LogP contribution in [0.4, 0.5) is 13.2 Å². The first kappa shape index (κ1) is 19.5. The number of halogens is 3. The molecule has 0 aliphatic carbocycles. The summed E-state index contributed by atoms with van der Waals surface area (Å²) in [5, 5.41) is 1.91. The Kier molecular flexibility index (Phi) is 6.66. The van der Waals surface area contributed by atoms with E-state index in [2.05, 4.69) is 11.0 Å². The van der Waals surface area contributed by atoms with Gasteiger partial charge in [-0.1, -0.05) is 17.7 Å². The fourth-order valence-electron chi connectivity index (χ4n) is 2.84. The highest BCUT2D eigenvalue weighted by molar-refractivity contribution is 5.78. The van der Waals surface area contributed by atoms with Gasteiger partial charge in [0, 0.05) is 38.3 Å². The van der Waals surface area contributed by atoms with Crippen LogP contribution >= 0.6 is 0 Å². The van der Waals surface area contributed by atoms with Crippen molar-refractivity contribution in [2.45, 2.75) is 19.6 Å². The molecule has 5 nitrogen and oxygen atoms in total. The monoisotopic (exact) mass is 359 g/mol. The van der Waals surface area contributed by atoms with Crippen LogP contribution in [0.5, 0.6) is 5.75 Å². The molecule has 1 aliphatic heterocycles. The molecule has 1 fully saturated rings. The number of rotatable bonds is 6. The first-order chi connectivity index (χ1) is 11.8. The van der Waals surface area contributed by atoms with Crippen LogP contribution in [0.3, 0.4) is 0 Å². The number of alkyl halides is 3. The Balaban J connectivity index is 1.78. The minimum atomic E-state index is -4.37. The molecule has 0 atom stereocenters. The number of benzene rings is 1. The topological polar surface area (TPSA) is 44.8 Å². The fourth-order valence-corrected chi connectivity index (χ4v) is 2.84. The van der Waals surface area contributed by atoms with Gasteiger partial charge in [-0.25, -0.2) is 0 Å². The zero-order valence-electron chi connectivity index (χ0n) is 14.5. The summed E-state index contributed by atoms with van der Waals surface area (Å²) in [7, 11) is 1.64. The molecule has 0 bridgehead atoms. The van der Waals surface area contributed by atoms with E-state index in [1.54, 1.807) is 7.11 Å². The van der Waals surface area contributed by atoms with Crippen LogP contribution < -0.4 is 10.1 Å². The number of ether oxygens (including phenoxy) is 1. The summed E-state index contributed by atoms with van der Waals surface area (Å²) in [6.45, 7) is 4.30. The van der Waals surface area contributed by atoms with Gasteiger partial charge in [0.2, 0.25) is 5.91 Å². The number of piperazine rings is 1. The zero-order chi connectivity index (χ0) is 18.4. The van der Waals surface area contributed by atoms with E-state index in [-0.39, 0.29) is 6.54 Å². The Morgan fingerprint density at radius 2 is 1.84 bits per heavy atom. The normalized spacial score (nSPS) is 16.7. The first-order valence-corrected chi connectivity index (χ1v) is 8.18. The number of carbonyl (C=O) groups is 1. The Morgan fingerprint density at radius 3 is 2.44 bits per heavy atom. The predicted molar refractivity (Wildman–Crippen MR) is 88.5 cm³/mol. The third-order valence-electron chi connectivity index (χ3n) is 4.15. The van der Waals surface area contributed by atoms with Crippen molar-refractivity contribution in [3.05, 3.63) is 29.3 Å². The molecule has 140 valence electrons. The lowest BCUT2D eigenvalue weighted by Crippen LogP contribution is -2.49. The maximum Gasteiger partial charge on any atom is 0.405 e. The summed E-state index contributed by atoms with van der Waals surface area (Å²) in [5.41, 5.74) is 2.27. The highest BCUT2D eigenvalue weighted by atomic mass is 19.4. The van der Waals surface area contributed by atoms with Crippen molar-refractivity contribution in [1.82, 2.24) is 15.1 Å². The molecule has 8 heteroatoms. The standard InChI is InChI=1S/C17H24F3N3O2/c1-13-3-4-15(25-2)14(9-13)10-22-5-7-23(8-6-22)11-16(24)21-12-17(18,19)20/h3-4,9H,5-8,10-12H2,1-2H3,(H,21,24). The van der Waals surface area contributed by atoms with E-state index >= 15 is 0 Å². The molecular formula is C17H24F3N3O2. The van der Waals surface area contributed by atoms with Gasteiger partial charge in [0.15, 0.2) is 0 Å². The van der Waals surface area contributed by atoms with Gasteiger partial charge >= 0.3 is 6.18 Å². The molecule has 1 N–H and O–H groups in total. The van der Waals surface area contributed by atoms with Gasteiger partial charge in [-0.15, -0.1) is 0 Å². The van der Waals surface area contributed by atoms with Crippen molar-refractivity contribution in [2.75, 3.05) is 46.4 Å². The van der Waals surface area contributed by atoms with Crippen molar-refractivity contribution < 1.29 is 22.7 Å². The number of hydrogen-bond donors (Lipinski definition) is 1. The number of nitrogens with one attached hydrogen (secondary N) is 1. The SMILES string of the molecule is COc1ccc(C)cc1CN1CCN(CC(=O)NCC(F)(F)F)CC1. The largest absolute Gasteiger partial charge is 0.496 e.